The first kappa shape index (κ1) is 13.8. The van der Waals surface area contributed by atoms with E-state index < -0.39 is 11.9 Å². The maximum absolute atomic E-state index is 13.9. The van der Waals surface area contributed by atoms with Crippen molar-refractivity contribution in [2.75, 3.05) is 11.4 Å². The number of hydrogen-bond donors (Lipinski definition) is 1. The van der Waals surface area contributed by atoms with Crippen molar-refractivity contribution in [3.8, 4) is 0 Å². The lowest BCUT2D eigenvalue weighted by atomic mass is 9.95. The molecule has 1 aliphatic heterocycles. The molecule has 0 saturated carbocycles. The van der Waals surface area contributed by atoms with Gasteiger partial charge in [-0.2, -0.15) is 0 Å². The summed E-state index contributed by atoms with van der Waals surface area (Å²) in [6, 6.07) is 11.5. The van der Waals surface area contributed by atoms with Gasteiger partial charge in [-0.1, -0.05) is 30.3 Å². The van der Waals surface area contributed by atoms with Crippen molar-refractivity contribution in [1.82, 2.24) is 0 Å². The van der Waals surface area contributed by atoms with Crippen LogP contribution in [0.3, 0.4) is 0 Å². The third-order valence-corrected chi connectivity index (χ3v) is 3.87. The molecule has 1 aliphatic rings. The number of rotatable bonds is 1. The minimum absolute atomic E-state index is 0.0584. The first-order valence-corrected chi connectivity index (χ1v) is 6.93. The molecule has 0 saturated heterocycles. The maximum atomic E-state index is 13.9. The number of halogens is 1. The Balaban J connectivity index is 2.08. The molecule has 1 atom stereocenters. The second-order valence-corrected chi connectivity index (χ2v) is 5.25. The van der Waals surface area contributed by atoms with Crippen LogP contribution < -0.4 is 4.90 Å². The Bertz CT molecular complexity index is 699. The number of para-hydroxylation sites is 1. The number of nitrogens with zero attached hydrogens (tertiary/aromatic N) is 1. The normalized spacial score (nSPS) is 17.5. The summed E-state index contributed by atoms with van der Waals surface area (Å²) in [4.78, 5) is 14.2. The molecular formula is C17H16FNO2. The molecular weight excluding hydrogens is 269 g/mol. The van der Waals surface area contributed by atoms with Gasteiger partial charge in [-0.3, -0.25) is 4.79 Å². The van der Waals surface area contributed by atoms with E-state index in [4.69, 9.17) is 0 Å². The molecule has 1 amide bonds. The Morgan fingerprint density at radius 1 is 1.24 bits per heavy atom. The van der Waals surface area contributed by atoms with Crippen LogP contribution in [-0.2, 0) is 0 Å². The molecule has 2 aromatic carbocycles. The van der Waals surface area contributed by atoms with Gasteiger partial charge in [0.05, 0.1) is 17.4 Å². The van der Waals surface area contributed by atoms with E-state index in [1.54, 1.807) is 17.0 Å². The largest absolute Gasteiger partial charge is 0.388 e. The van der Waals surface area contributed by atoms with Gasteiger partial charge in [-0.05, 0) is 31.0 Å². The van der Waals surface area contributed by atoms with Crippen LogP contribution in [0.5, 0.6) is 0 Å². The molecule has 0 bridgehead atoms. The van der Waals surface area contributed by atoms with Crippen molar-refractivity contribution in [2.24, 2.45) is 0 Å². The fourth-order valence-corrected chi connectivity index (χ4v) is 2.82. The molecule has 0 fully saturated rings. The van der Waals surface area contributed by atoms with Gasteiger partial charge in [0, 0.05) is 12.1 Å². The summed E-state index contributed by atoms with van der Waals surface area (Å²) >= 11 is 0. The Labute approximate surface area is 122 Å². The van der Waals surface area contributed by atoms with Crippen molar-refractivity contribution in [2.45, 2.75) is 19.4 Å². The molecule has 0 spiro atoms. The lowest BCUT2D eigenvalue weighted by Crippen LogP contribution is -2.37. The number of carbonyl (C=O) groups excluding carboxylic acids is 1. The van der Waals surface area contributed by atoms with E-state index in [1.165, 1.54) is 12.1 Å². The minimum Gasteiger partial charge on any atom is -0.388 e. The summed E-state index contributed by atoms with van der Waals surface area (Å²) in [5.41, 5.74) is 2.38. The second kappa shape index (κ2) is 5.30. The molecule has 1 N–H and O–H groups in total. The average molecular weight is 285 g/mol. The van der Waals surface area contributed by atoms with Crippen LogP contribution in [-0.4, -0.2) is 17.6 Å². The van der Waals surface area contributed by atoms with Crippen molar-refractivity contribution < 1.29 is 14.3 Å². The van der Waals surface area contributed by atoms with E-state index in [-0.39, 0.29) is 11.5 Å². The zero-order valence-electron chi connectivity index (χ0n) is 11.7. The van der Waals surface area contributed by atoms with Crippen molar-refractivity contribution in [3.63, 3.8) is 0 Å². The number of hydrogen-bond acceptors (Lipinski definition) is 2. The van der Waals surface area contributed by atoms with E-state index in [2.05, 4.69) is 0 Å². The zero-order chi connectivity index (χ0) is 15.0. The van der Waals surface area contributed by atoms with Crippen LogP contribution in [0.25, 0.3) is 0 Å². The number of benzene rings is 2. The molecule has 2 aromatic rings. The lowest BCUT2D eigenvalue weighted by Gasteiger charge is -2.33. The predicted molar refractivity (Wildman–Crippen MR) is 78.8 cm³/mol. The summed E-state index contributed by atoms with van der Waals surface area (Å²) in [6.07, 6.45) is -0.124. The van der Waals surface area contributed by atoms with Gasteiger partial charge in [-0.15, -0.1) is 0 Å². The summed E-state index contributed by atoms with van der Waals surface area (Å²) < 4.78 is 13.9. The number of aliphatic hydroxyl groups excluding tert-OH is 1. The van der Waals surface area contributed by atoms with Gasteiger partial charge in [0.25, 0.3) is 5.91 Å². The number of amides is 1. The van der Waals surface area contributed by atoms with Crippen LogP contribution in [0, 0.1) is 12.7 Å². The van der Waals surface area contributed by atoms with Gasteiger partial charge in [0.1, 0.15) is 5.82 Å². The van der Waals surface area contributed by atoms with Gasteiger partial charge in [-0.25, -0.2) is 4.39 Å². The summed E-state index contributed by atoms with van der Waals surface area (Å²) in [5, 5.41) is 10.1. The molecule has 3 nitrogen and oxygen atoms in total. The number of aliphatic hydroxyl groups is 1. The first-order valence-electron chi connectivity index (χ1n) is 6.93. The molecule has 3 rings (SSSR count). The number of aryl methyl sites for hydroxylation is 1. The fourth-order valence-electron chi connectivity index (χ4n) is 2.82. The van der Waals surface area contributed by atoms with Crippen LogP contribution in [0.1, 0.15) is 34.0 Å². The second-order valence-electron chi connectivity index (χ2n) is 5.25. The Morgan fingerprint density at radius 2 is 2.00 bits per heavy atom. The summed E-state index contributed by atoms with van der Waals surface area (Å²) in [6.45, 7) is 2.27. The molecule has 21 heavy (non-hydrogen) atoms. The summed E-state index contributed by atoms with van der Waals surface area (Å²) in [7, 11) is 0. The van der Waals surface area contributed by atoms with E-state index in [9.17, 15) is 14.3 Å². The number of carbonyl (C=O) groups is 1. The van der Waals surface area contributed by atoms with Crippen LogP contribution in [0.4, 0.5) is 10.1 Å². The average Bonchev–Trinajstić information content (AvgIpc) is 2.48. The smallest absolute Gasteiger partial charge is 0.261 e. The minimum atomic E-state index is -0.579. The van der Waals surface area contributed by atoms with Crippen molar-refractivity contribution >= 4 is 11.6 Å². The molecule has 1 unspecified atom stereocenters. The van der Waals surface area contributed by atoms with Gasteiger partial charge < -0.3 is 10.0 Å². The lowest BCUT2D eigenvalue weighted by molar-refractivity contribution is 0.0966. The van der Waals surface area contributed by atoms with E-state index in [0.29, 0.717) is 18.7 Å². The molecule has 4 heteroatoms. The quantitative estimate of drug-likeness (QED) is 0.874. The van der Waals surface area contributed by atoms with Gasteiger partial charge in [0.15, 0.2) is 0 Å². The Hall–Kier alpha value is -2.20. The van der Waals surface area contributed by atoms with E-state index in [0.717, 1.165) is 11.1 Å². The molecule has 0 radical (unpaired) electrons. The van der Waals surface area contributed by atoms with E-state index in [1.807, 2.05) is 25.1 Å². The highest BCUT2D eigenvalue weighted by molar-refractivity contribution is 6.07. The SMILES string of the molecule is Cc1cccc2c1N(C(=O)c1ccccc1F)CCC2O. The molecule has 0 aromatic heterocycles. The molecule has 1 heterocycles. The Kier molecular flexibility index (Phi) is 3.47. The number of fused-ring (bicyclic) bond motifs is 1. The molecule has 0 aliphatic carbocycles. The van der Waals surface area contributed by atoms with Crippen molar-refractivity contribution in [3.05, 3.63) is 65.0 Å². The fraction of sp³-hybridized carbons (Fsp3) is 0.235. The van der Waals surface area contributed by atoms with Crippen molar-refractivity contribution in [1.29, 1.82) is 0 Å². The monoisotopic (exact) mass is 285 g/mol. The van der Waals surface area contributed by atoms with Crippen LogP contribution >= 0.6 is 0 Å². The number of anilines is 1. The van der Waals surface area contributed by atoms with E-state index >= 15 is 0 Å². The standard InChI is InChI=1S/C17H16FNO2/c1-11-5-4-7-13-15(20)9-10-19(16(11)13)17(21)12-6-2-3-8-14(12)18/h2-8,15,20H,9-10H2,1H3. The van der Waals surface area contributed by atoms with Crippen LogP contribution in [0.15, 0.2) is 42.5 Å². The third kappa shape index (κ3) is 2.32. The first-order chi connectivity index (χ1) is 10.1. The maximum Gasteiger partial charge on any atom is 0.261 e. The topological polar surface area (TPSA) is 40.5 Å². The highest BCUT2D eigenvalue weighted by atomic mass is 19.1. The Morgan fingerprint density at radius 3 is 2.76 bits per heavy atom. The van der Waals surface area contributed by atoms with Gasteiger partial charge in [0.2, 0.25) is 0 Å². The molecule has 108 valence electrons. The van der Waals surface area contributed by atoms with Crippen LogP contribution in [0.2, 0.25) is 0 Å². The zero-order valence-corrected chi connectivity index (χ0v) is 11.7. The highest BCUT2D eigenvalue weighted by Crippen LogP contribution is 2.37. The van der Waals surface area contributed by atoms with Gasteiger partial charge >= 0.3 is 0 Å². The third-order valence-electron chi connectivity index (χ3n) is 3.87. The summed E-state index contributed by atoms with van der Waals surface area (Å²) in [5.74, 6) is -0.890. The highest BCUT2D eigenvalue weighted by Gasteiger charge is 2.30. The predicted octanol–water partition coefficient (Wildman–Crippen LogP) is 3.22.